The molecule has 5 heteroatoms. The first-order valence-corrected chi connectivity index (χ1v) is 9.73. The van der Waals surface area contributed by atoms with Crippen LogP contribution in [0.15, 0.2) is 59.5 Å². The molecule has 2 aromatic rings. The molecule has 0 amide bonds. The third-order valence-corrected chi connectivity index (χ3v) is 6.32. The molecule has 1 aliphatic heterocycles. The number of esters is 1. The minimum Gasteiger partial charge on any atom is -0.593 e. The van der Waals surface area contributed by atoms with Gasteiger partial charge >= 0.3 is 5.97 Å². The van der Waals surface area contributed by atoms with Gasteiger partial charge in [-0.2, -0.15) is 0 Å². The number of nitrogens with zero attached hydrogens (tertiary/aromatic N) is 1. The van der Waals surface area contributed by atoms with Gasteiger partial charge in [0.15, 0.2) is 10.9 Å². The largest absolute Gasteiger partial charge is 0.593 e. The summed E-state index contributed by atoms with van der Waals surface area (Å²) in [5.74, 6) is 0.213. The zero-order chi connectivity index (χ0) is 17.4. The lowest BCUT2D eigenvalue weighted by Gasteiger charge is -2.11. The first-order valence-electron chi connectivity index (χ1n) is 8.62. The SMILES string of the molecule is Cc1ccc([S+]([O-])N2[C@H](C3CC3)[C@@H]2C(=O)OCc2ccccc2)cc1. The summed E-state index contributed by atoms with van der Waals surface area (Å²) in [6, 6.07) is 17.0. The Hall–Kier alpha value is -1.82. The average Bonchev–Trinajstić information content (AvgIpc) is 3.53. The molecular weight excluding hydrogens is 334 g/mol. The van der Waals surface area contributed by atoms with E-state index in [0.29, 0.717) is 5.92 Å². The number of ether oxygens (including phenoxy) is 1. The number of carbonyl (C=O) groups excluding carboxylic acids is 1. The van der Waals surface area contributed by atoms with Gasteiger partial charge in [-0.15, -0.1) is 4.31 Å². The molecule has 2 fully saturated rings. The lowest BCUT2D eigenvalue weighted by Crippen LogP contribution is -2.21. The first kappa shape index (κ1) is 16.6. The Morgan fingerprint density at radius 1 is 1.16 bits per heavy atom. The van der Waals surface area contributed by atoms with Crippen LogP contribution in [0.4, 0.5) is 0 Å². The van der Waals surface area contributed by atoms with Crippen LogP contribution in [-0.2, 0) is 27.5 Å². The summed E-state index contributed by atoms with van der Waals surface area (Å²) in [5, 5.41) is 0. The number of hydrogen-bond acceptors (Lipinski definition) is 4. The van der Waals surface area contributed by atoms with Crippen LogP contribution in [0.3, 0.4) is 0 Å². The fraction of sp³-hybridized carbons (Fsp3) is 0.350. The van der Waals surface area contributed by atoms with E-state index in [4.69, 9.17) is 4.74 Å². The lowest BCUT2D eigenvalue weighted by atomic mass is 10.2. The Bertz CT molecular complexity index is 745. The molecule has 130 valence electrons. The van der Waals surface area contributed by atoms with Gasteiger partial charge in [0.25, 0.3) is 0 Å². The van der Waals surface area contributed by atoms with E-state index in [-0.39, 0.29) is 24.7 Å². The highest BCUT2D eigenvalue weighted by molar-refractivity contribution is 7.89. The molecule has 2 aromatic carbocycles. The Morgan fingerprint density at radius 3 is 2.48 bits per heavy atom. The fourth-order valence-electron chi connectivity index (χ4n) is 3.18. The number of carbonyl (C=O) groups is 1. The van der Waals surface area contributed by atoms with Crippen LogP contribution in [0.2, 0.25) is 0 Å². The van der Waals surface area contributed by atoms with Crippen LogP contribution in [0.25, 0.3) is 0 Å². The fourth-order valence-corrected chi connectivity index (χ4v) is 4.66. The third kappa shape index (κ3) is 3.59. The highest BCUT2D eigenvalue weighted by Gasteiger charge is 2.67. The molecule has 2 aliphatic rings. The van der Waals surface area contributed by atoms with Crippen molar-refractivity contribution in [3.8, 4) is 0 Å². The van der Waals surface area contributed by atoms with Gasteiger partial charge in [-0.25, -0.2) is 0 Å². The van der Waals surface area contributed by atoms with Gasteiger partial charge in [-0.05, 0) is 43.4 Å². The molecule has 4 rings (SSSR count). The Balaban J connectivity index is 1.43. The van der Waals surface area contributed by atoms with Crippen molar-refractivity contribution < 1.29 is 14.1 Å². The maximum atomic E-state index is 12.9. The third-order valence-electron chi connectivity index (χ3n) is 4.79. The van der Waals surface area contributed by atoms with E-state index >= 15 is 0 Å². The highest BCUT2D eigenvalue weighted by atomic mass is 32.2. The minimum atomic E-state index is -1.31. The number of hydrogen-bond donors (Lipinski definition) is 0. The molecule has 0 N–H and O–H groups in total. The molecule has 1 saturated carbocycles. The van der Waals surface area contributed by atoms with E-state index in [1.54, 1.807) is 0 Å². The molecule has 2 unspecified atom stereocenters. The summed E-state index contributed by atoms with van der Waals surface area (Å²) in [4.78, 5) is 13.3. The van der Waals surface area contributed by atoms with Crippen molar-refractivity contribution in [2.24, 2.45) is 5.92 Å². The second-order valence-electron chi connectivity index (χ2n) is 6.79. The summed E-state index contributed by atoms with van der Waals surface area (Å²) in [6.45, 7) is 2.26. The van der Waals surface area contributed by atoms with Crippen molar-refractivity contribution >= 4 is 17.3 Å². The zero-order valence-electron chi connectivity index (χ0n) is 14.1. The van der Waals surface area contributed by atoms with Crippen molar-refractivity contribution in [2.45, 2.75) is 43.4 Å². The van der Waals surface area contributed by atoms with Crippen LogP contribution in [-0.4, -0.2) is 26.9 Å². The Morgan fingerprint density at radius 2 is 1.84 bits per heavy atom. The van der Waals surface area contributed by atoms with Crippen LogP contribution < -0.4 is 0 Å². The van der Waals surface area contributed by atoms with Crippen molar-refractivity contribution in [3.05, 3.63) is 65.7 Å². The van der Waals surface area contributed by atoms with Crippen molar-refractivity contribution in [1.29, 1.82) is 0 Å². The predicted molar refractivity (Wildman–Crippen MR) is 96.0 cm³/mol. The van der Waals surface area contributed by atoms with Gasteiger partial charge in [0, 0.05) is 0 Å². The molecule has 1 saturated heterocycles. The Kier molecular flexibility index (Phi) is 4.54. The number of rotatable bonds is 6. The van der Waals surface area contributed by atoms with Crippen LogP contribution in [0.1, 0.15) is 24.0 Å². The maximum absolute atomic E-state index is 12.9. The summed E-state index contributed by atoms with van der Waals surface area (Å²) in [7, 11) is 0. The van der Waals surface area contributed by atoms with Gasteiger partial charge in [-0.1, -0.05) is 48.0 Å². The molecule has 0 bridgehead atoms. The molecule has 0 spiro atoms. The first-order chi connectivity index (χ1) is 12.1. The van der Waals surface area contributed by atoms with Gasteiger partial charge < -0.3 is 9.29 Å². The zero-order valence-corrected chi connectivity index (χ0v) is 14.9. The second-order valence-corrected chi connectivity index (χ2v) is 8.18. The lowest BCUT2D eigenvalue weighted by molar-refractivity contribution is -0.144. The maximum Gasteiger partial charge on any atom is 0.330 e. The highest BCUT2D eigenvalue weighted by Crippen LogP contribution is 2.50. The molecule has 4 nitrogen and oxygen atoms in total. The molecule has 1 heterocycles. The van der Waals surface area contributed by atoms with Crippen LogP contribution >= 0.6 is 0 Å². The van der Waals surface area contributed by atoms with Gasteiger partial charge in [0.05, 0.1) is 17.4 Å². The van der Waals surface area contributed by atoms with E-state index in [2.05, 4.69) is 0 Å². The summed E-state index contributed by atoms with van der Waals surface area (Å²) < 4.78 is 20.2. The monoisotopic (exact) mass is 355 g/mol. The second kappa shape index (κ2) is 6.83. The topological polar surface area (TPSA) is 52.4 Å². The number of aryl methyl sites for hydroxylation is 1. The summed E-state index contributed by atoms with van der Waals surface area (Å²) >= 11 is -1.31. The smallest absolute Gasteiger partial charge is 0.330 e. The minimum absolute atomic E-state index is 0.0606. The van der Waals surface area contributed by atoms with E-state index < -0.39 is 11.4 Å². The molecule has 4 atom stereocenters. The molecule has 1 aliphatic carbocycles. The van der Waals surface area contributed by atoms with Gasteiger partial charge in [-0.3, -0.25) is 4.79 Å². The summed E-state index contributed by atoms with van der Waals surface area (Å²) in [6.07, 6.45) is 2.21. The van der Waals surface area contributed by atoms with Crippen molar-refractivity contribution in [2.75, 3.05) is 0 Å². The van der Waals surface area contributed by atoms with Crippen molar-refractivity contribution in [1.82, 2.24) is 4.31 Å². The Labute approximate surface area is 151 Å². The average molecular weight is 355 g/mol. The normalized spacial score (nSPS) is 26.1. The predicted octanol–water partition coefficient (Wildman–Crippen LogP) is 3.22. The van der Waals surface area contributed by atoms with E-state index in [1.165, 1.54) is 0 Å². The molecule has 0 aromatic heterocycles. The standard InChI is InChI=1S/C20H21NO3S/c1-14-7-11-17(12-8-14)25(23)21-18(16-9-10-16)19(21)20(22)24-13-15-5-3-2-4-6-15/h2-8,11-12,16,18-19H,9-10,13H2,1H3/t18-,19-,21?,25?/m1/s1. The number of benzene rings is 2. The van der Waals surface area contributed by atoms with Gasteiger partial charge in [0.2, 0.25) is 0 Å². The van der Waals surface area contributed by atoms with Crippen molar-refractivity contribution in [3.63, 3.8) is 0 Å². The van der Waals surface area contributed by atoms with Gasteiger partial charge in [0.1, 0.15) is 6.61 Å². The van der Waals surface area contributed by atoms with E-state index in [1.807, 2.05) is 65.8 Å². The van der Waals surface area contributed by atoms with Crippen LogP contribution in [0, 0.1) is 12.8 Å². The quantitative estimate of drug-likeness (QED) is 0.454. The van der Waals surface area contributed by atoms with E-state index in [9.17, 15) is 9.35 Å². The van der Waals surface area contributed by atoms with Crippen LogP contribution in [0.5, 0.6) is 0 Å². The van der Waals surface area contributed by atoms with E-state index in [0.717, 1.165) is 28.9 Å². The molecular formula is C20H21NO3S. The summed E-state index contributed by atoms with van der Waals surface area (Å²) in [5.41, 5.74) is 2.09. The molecule has 0 radical (unpaired) electrons. The molecule has 25 heavy (non-hydrogen) atoms.